The quantitative estimate of drug-likeness (QED) is 0.885. The molecule has 0 amide bonds. The van der Waals surface area contributed by atoms with E-state index in [0.29, 0.717) is 11.4 Å². The van der Waals surface area contributed by atoms with Crippen molar-refractivity contribution in [2.75, 3.05) is 34.2 Å². The predicted molar refractivity (Wildman–Crippen MR) is 84.7 cm³/mol. The van der Waals surface area contributed by atoms with Gasteiger partial charge in [0.1, 0.15) is 0 Å². The number of benzene rings is 1. The molecule has 0 aromatic heterocycles. The Morgan fingerprint density at radius 2 is 1.90 bits per heavy atom. The Morgan fingerprint density at radius 1 is 1.29 bits per heavy atom. The van der Waals surface area contributed by atoms with Crippen molar-refractivity contribution >= 4 is 10.0 Å². The van der Waals surface area contributed by atoms with Crippen LogP contribution in [0.4, 0.5) is 0 Å². The molecule has 6 heteroatoms. The summed E-state index contributed by atoms with van der Waals surface area (Å²) in [6.45, 7) is 2.45. The molecular weight excluding hydrogens is 286 g/mol. The molecule has 1 aromatic carbocycles. The van der Waals surface area contributed by atoms with E-state index < -0.39 is 10.0 Å². The highest BCUT2D eigenvalue weighted by atomic mass is 32.2. The fourth-order valence-corrected chi connectivity index (χ4v) is 4.44. The summed E-state index contributed by atoms with van der Waals surface area (Å²) in [6, 6.07) is 7.32. The second-order valence-electron chi connectivity index (χ2n) is 5.69. The summed E-state index contributed by atoms with van der Waals surface area (Å²) in [7, 11) is 2.18. The van der Waals surface area contributed by atoms with Crippen molar-refractivity contribution in [3.05, 3.63) is 29.8 Å². The molecule has 1 aromatic rings. The second-order valence-corrected chi connectivity index (χ2v) is 7.66. The summed E-state index contributed by atoms with van der Waals surface area (Å²) in [5, 5.41) is 3.03. The highest BCUT2D eigenvalue weighted by molar-refractivity contribution is 7.89. The van der Waals surface area contributed by atoms with Crippen LogP contribution in [0.15, 0.2) is 29.2 Å². The Bertz CT molecular complexity index is 566. The van der Waals surface area contributed by atoms with Crippen LogP contribution in [0.5, 0.6) is 0 Å². The van der Waals surface area contributed by atoms with Crippen molar-refractivity contribution < 1.29 is 8.42 Å². The molecule has 118 valence electrons. The fourth-order valence-electron chi connectivity index (χ4n) is 2.80. The summed E-state index contributed by atoms with van der Waals surface area (Å²) < 4.78 is 27.4. The summed E-state index contributed by atoms with van der Waals surface area (Å²) in [5.41, 5.74) is 0.819. The Hall–Kier alpha value is -0.950. The van der Waals surface area contributed by atoms with E-state index in [0.717, 1.165) is 31.5 Å². The number of piperidine rings is 1. The number of hydrogen-bond donors (Lipinski definition) is 1. The zero-order valence-electron chi connectivity index (χ0n) is 13.0. The third-order valence-corrected chi connectivity index (χ3v) is 6.21. The molecule has 1 heterocycles. The van der Waals surface area contributed by atoms with Gasteiger partial charge in [0.15, 0.2) is 0 Å². The topological polar surface area (TPSA) is 52.7 Å². The van der Waals surface area contributed by atoms with Gasteiger partial charge in [-0.15, -0.1) is 0 Å². The zero-order valence-corrected chi connectivity index (χ0v) is 13.9. The number of likely N-dealkylation sites (tertiary alicyclic amines) is 1. The normalized spacial score (nSPS) is 18.3. The van der Waals surface area contributed by atoms with E-state index in [-0.39, 0.29) is 6.04 Å². The lowest BCUT2D eigenvalue weighted by molar-refractivity contribution is 0.197. The lowest BCUT2D eigenvalue weighted by atomic mass is 10.1. The van der Waals surface area contributed by atoms with Gasteiger partial charge in [-0.1, -0.05) is 18.2 Å². The molecule has 1 aliphatic rings. The minimum atomic E-state index is -3.43. The van der Waals surface area contributed by atoms with Crippen molar-refractivity contribution in [3.8, 4) is 0 Å². The maximum absolute atomic E-state index is 12.9. The van der Waals surface area contributed by atoms with Crippen LogP contribution in [0.3, 0.4) is 0 Å². The summed E-state index contributed by atoms with van der Waals surface area (Å²) >= 11 is 0. The molecule has 0 aliphatic carbocycles. The minimum absolute atomic E-state index is 0.0915. The average Bonchev–Trinajstić information content (AvgIpc) is 2.48. The maximum Gasteiger partial charge on any atom is 0.243 e. The Kier molecular flexibility index (Phi) is 5.37. The lowest BCUT2D eigenvalue weighted by Crippen LogP contribution is -2.44. The zero-order chi connectivity index (χ0) is 15.5. The van der Waals surface area contributed by atoms with Crippen LogP contribution in [0.2, 0.25) is 0 Å². The van der Waals surface area contributed by atoms with Crippen LogP contribution in [0.1, 0.15) is 18.4 Å². The van der Waals surface area contributed by atoms with Gasteiger partial charge in [-0.05, 0) is 51.7 Å². The fraction of sp³-hybridized carbons (Fsp3) is 0.600. The molecule has 0 atom stereocenters. The smallest absolute Gasteiger partial charge is 0.243 e. The highest BCUT2D eigenvalue weighted by Crippen LogP contribution is 2.24. The first kappa shape index (κ1) is 16.4. The third kappa shape index (κ3) is 3.63. The van der Waals surface area contributed by atoms with Gasteiger partial charge in [0.2, 0.25) is 10.0 Å². The Morgan fingerprint density at radius 3 is 2.52 bits per heavy atom. The molecule has 1 fully saturated rings. The van der Waals surface area contributed by atoms with Gasteiger partial charge in [0.25, 0.3) is 0 Å². The third-order valence-electron chi connectivity index (χ3n) is 4.20. The van der Waals surface area contributed by atoms with Crippen LogP contribution < -0.4 is 5.32 Å². The summed E-state index contributed by atoms with van der Waals surface area (Å²) in [6.07, 6.45) is 1.78. The molecule has 21 heavy (non-hydrogen) atoms. The number of nitrogens with one attached hydrogen (secondary N) is 1. The van der Waals surface area contributed by atoms with E-state index in [2.05, 4.69) is 17.3 Å². The van der Waals surface area contributed by atoms with Crippen molar-refractivity contribution in [1.82, 2.24) is 14.5 Å². The SMILES string of the molecule is CNCc1ccccc1S(=O)(=O)N(C)C1CCN(C)CC1. The van der Waals surface area contributed by atoms with Crippen LogP contribution in [0, 0.1) is 0 Å². The first-order valence-corrected chi connectivity index (χ1v) is 8.80. The van der Waals surface area contributed by atoms with Gasteiger partial charge >= 0.3 is 0 Å². The molecule has 5 nitrogen and oxygen atoms in total. The van der Waals surface area contributed by atoms with Gasteiger partial charge in [0.05, 0.1) is 4.90 Å². The van der Waals surface area contributed by atoms with Crippen LogP contribution in [-0.2, 0) is 16.6 Å². The maximum atomic E-state index is 12.9. The van der Waals surface area contributed by atoms with Gasteiger partial charge in [0, 0.05) is 19.6 Å². The van der Waals surface area contributed by atoms with Gasteiger partial charge in [-0.2, -0.15) is 4.31 Å². The van der Waals surface area contributed by atoms with Crippen molar-refractivity contribution in [2.45, 2.75) is 30.3 Å². The number of nitrogens with zero attached hydrogens (tertiary/aromatic N) is 2. The average molecular weight is 311 g/mol. The molecule has 0 unspecified atom stereocenters. The standard InChI is InChI=1S/C15H25N3O2S/c1-16-12-13-6-4-5-7-15(13)21(19,20)18(3)14-8-10-17(2)11-9-14/h4-7,14,16H,8-12H2,1-3H3. The minimum Gasteiger partial charge on any atom is -0.316 e. The highest BCUT2D eigenvalue weighted by Gasteiger charge is 2.31. The molecule has 2 rings (SSSR count). The van der Waals surface area contributed by atoms with Crippen molar-refractivity contribution in [1.29, 1.82) is 0 Å². The van der Waals surface area contributed by atoms with Crippen LogP contribution >= 0.6 is 0 Å². The van der Waals surface area contributed by atoms with E-state index in [9.17, 15) is 8.42 Å². The Balaban J connectivity index is 2.25. The van der Waals surface area contributed by atoms with Crippen LogP contribution in [0.25, 0.3) is 0 Å². The van der Waals surface area contributed by atoms with Crippen LogP contribution in [-0.4, -0.2) is 57.9 Å². The van der Waals surface area contributed by atoms with E-state index in [4.69, 9.17) is 0 Å². The first-order valence-electron chi connectivity index (χ1n) is 7.36. The van der Waals surface area contributed by atoms with E-state index in [1.807, 2.05) is 19.2 Å². The van der Waals surface area contributed by atoms with Crippen molar-refractivity contribution in [2.24, 2.45) is 0 Å². The lowest BCUT2D eigenvalue weighted by Gasteiger charge is -2.34. The monoisotopic (exact) mass is 311 g/mol. The molecule has 1 saturated heterocycles. The van der Waals surface area contributed by atoms with E-state index in [1.165, 1.54) is 0 Å². The number of hydrogen-bond acceptors (Lipinski definition) is 4. The second kappa shape index (κ2) is 6.87. The van der Waals surface area contributed by atoms with E-state index in [1.54, 1.807) is 23.5 Å². The summed E-state index contributed by atoms with van der Waals surface area (Å²) in [5.74, 6) is 0. The van der Waals surface area contributed by atoms with E-state index >= 15 is 0 Å². The first-order chi connectivity index (χ1) is 9.96. The van der Waals surface area contributed by atoms with Gasteiger partial charge in [-0.3, -0.25) is 0 Å². The van der Waals surface area contributed by atoms with Gasteiger partial charge in [-0.25, -0.2) is 8.42 Å². The largest absolute Gasteiger partial charge is 0.316 e. The number of rotatable bonds is 5. The molecule has 0 spiro atoms. The Labute approximate surface area is 128 Å². The molecule has 0 bridgehead atoms. The van der Waals surface area contributed by atoms with Gasteiger partial charge < -0.3 is 10.2 Å². The molecule has 1 aliphatic heterocycles. The predicted octanol–water partition coefficient (Wildman–Crippen LogP) is 1.12. The molecule has 1 N–H and O–H groups in total. The molecule has 0 radical (unpaired) electrons. The molecule has 0 saturated carbocycles. The summed E-state index contributed by atoms with van der Waals surface area (Å²) in [4.78, 5) is 2.66. The number of sulfonamides is 1. The molecular formula is C15H25N3O2S. The van der Waals surface area contributed by atoms with Crippen molar-refractivity contribution in [3.63, 3.8) is 0 Å².